The third-order valence-corrected chi connectivity index (χ3v) is 8.89. The van der Waals surface area contributed by atoms with E-state index in [0.717, 1.165) is 12.0 Å². The normalized spacial score (nSPS) is 46.2. The van der Waals surface area contributed by atoms with Gasteiger partial charge in [-0.15, -0.1) is 0 Å². The monoisotopic (exact) mass is 464 g/mol. The molecule has 0 radical (unpaired) electrons. The van der Waals surface area contributed by atoms with Crippen LogP contribution in [0.4, 0.5) is 0 Å². The van der Waals surface area contributed by atoms with Crippen LogP contribution in [-0.4, -0.2) is 59.5 Å². The van der Waals surface area contributed by atoms with Gasteiger partial charge in [0.15, 0.2) is 6.29 Å². The van der Waals surface area contributed by atoms with E-state index in [1.165, 1.54) is 13.8 Å². The number of furan rings is 1. The molecule has 1 aromatic heterocycles. The molecule has 9 nitrogen and oxygen atoms in total. The standard InChI is InChI=1S/C24H32O9/c1-13-19(32-15(3)26)20(27)24(12-30-14(2)25)18(5-4-7-22(24)11-31-22)23(13)9-17(33-21(23)28)16-6-8-29-10-16/h6,8,10,13,17-21,27-28H,4-5,7,9,11-12H2,1-3H3/t13-,17+,18-,19+,20+,21+,22+,23-,24+/m1/s1. The smallest absolute Gasteiger partial charge is 0.303 e. The molecule has 3 heterocycles. The van der Waals surface area contributed by atoms with Gasteiger partial charge < -0.3 is 33.6 Å². The van der Waals surface area contributed by atoms with Gasteiger partial charge in [-0.3, -0.25) is 9.59 Å². The summed E-state index contributed by atoms with van der Waals surface area (Å²) in [7, 11) is 0. The van der Waals surface area contributed by atoms with Crippen molar-refractivity contribution in [3.05, 3.63) is 24.2 Å². The molecular formula is C24H32O9. The van der Waals surface area contributed by atoms with Crippen molar-refractivity contribution in [1.82, 2.24) is 0 Å². The first kappa shape index (κ1) is 22.8. The zero-order valence-electron chi connectivity index (χ0n) is 19.2. The predicted octanol–water partition coefficient (Wildman–Crippen LogP) is 2.11. The van der Waals surface area contributed by atoms with Crippen molar-refractivity contribution in [2.24, 2.45) is 22.7 Å². The SMILES string of the molecule is CC(=O)OC[C@@]12[C@H](CCC[C@]13CO3)[C@@]1(C[C@@H](c3ccoc3)O[C@@H]1O)[C@H](C)[C@H](OC(C)=O)[C@@H]2O. The summed E-state index contributed by atoms with van der Waals surface area (Å²) in [5.74, 6) is -1.70. The van der Waals surface area contributed by atoms with Crippen molar-refractivity contribution in [2.75, 3.05) is 13.2 Å². The van der Waals surface area contributed by atoms with Crippen LogP contribution in [0, 0.1) is 22.7 Å². The maximum absolute atomic E-state index is 12.1. The highest BCUT2D eigenvalue weighted by Gasteiger charge is 2.79. The number of carbonyl (C=O) groups is 2. The van der Waals surface area contributed by atoms with Crippen LogP contribution in [0.2, 0.25) is 0 Å². The molecule has 0 aromatic carbocycles. The first-order valence-corrected chi connectivity index (χ1v) is 11.7. The summed E-state index contributed by atoms with van der Waals surface area (Å²) in [4.78, 5) is 24.0. The van der Waals surface area contributed by atoms with Crippen LogP contribution in [0.25, 0.3) is 0 Å². The number of carbonyl (C=O) groups excluding carboxylic acids is 2. The van der Waals surface area contributed by atoms with E-state index >= 15 is 0 Å². The lowest BCUT2D eigenvalue weighted by Crippen LogP contribution is -2.73. The summed E-state index contributed by atoms with van der Waals surface area (Å²) >= 11 is 0. The largest absolute Gasteiger partial charge is 0.472 e. The molecular weight excluding hydrogens is 432 g/mol. The minimum Gasteiger partial charge on any atom is -0.472 e. The zero-order chi connectivity index (χ0) is 23.6. The summed E-state index contributed by atoms with van der Waals surface area (Å²) in [6.45, 7) is 4.86. The van der Waals surface area contributed by atoms with Gasteiger partial charge in [0, 0.05) is 30.7 Å². The third kappa shape index (κ3) is 3.12. The molecule has 2 N–H and O–H groups in total. The van der Waals surface area contributed by atoms with Gasteiger partial charge in [-0.2, -0.15) is 0 Å². The third-order valence-electron chi connectivity index (χ3n) is 8.89. The molecule has 0 amide bonds. The van der Waals surface area contributed by atoms with E-state index in [1.54, 1.807) is 18.6 Å². The van der Waals surface area contributed by atoms with Gasteiger partial charge in [-0.1, -0.05) is 13.3 Å². The lowest BCUT2D eigenvalue weighted by atomic mass is 9.41. The minimum atomic E-state index is -1.17. The summed E-state index contributed by atoms with van der Waals surface area (Å²) in [6, 6.07) is 1.81. The summed E-state index contributed by atoms with van der Waals surface area (Å²) in [5.41, 5.74) is -1.80. The number of esters is 2. The second-order valence-electron chi connectivity index (χ2n) is 10.2. The fourth-order valence-electron chi connectivity index (χ4n) is 7.34. The van der Waals surface area contributed by atoms with E-state index in [9.17, 15) is 19.8 Å². The Balaban J connectivity index is 1.65. The Hall–Kier alpha value is -1.94. The topological polar surface area (TPSA) is 128 Å². The van der Waals surface area contributed by atoms with Crippen LogP contribution in [0.3, 0.4) is 0 Å². The van der Waals surface area contributed by atoms with E-state index in [0.29, 0.717) is 25.9 Å². The number of epoxide rings is 1. The van der Waals surface area contributed by atoms with Crippen molar-refractivity contribution in [3.63, 3.8) is 0 Å². The highest BCUT2D eigenvalue weighted by molar-refractivity contribution is 5.66. The Kier molecular flexibility index (Phi) is 5.39. The molecule has 0 bridgehead atoms. The van der Waals surface area contributed by atoms with Crippen molar-refractivity contribution in [2.45, 2.75) is 76.7 Å². The molecule has 2 saturated carbocycles. The molecule has 2 saturated heterocycles. The lowest BCUT2D eigenvalue weighted by Gasteiger charge is -2.64. The summed E-state index contributed by atoms with van der Waals surface area (Å²) in [5, 5.41) is 23.3. The molecule has 1 aromatic rings. The molecule has 9 atom stereocenters. The van der Waals surface area contributed by atoms with Gasteiger partial charge in [-0.25, -0.2) is 0 Å². The average Bonchev–Trinajstić information content (AvgIpc) is 3.19. The second kappa shape index (κ2) is 7.80. The fourth-order valence-corrected chi connectivity index (χ4v) is 7.34. The maximum atomic E-state index is 12.1. The molecule has 2 aliphatic carbocycles. The number of aliphatic hydroxyl groups is 2. The summed E-state index contributed by atoms with van der Waals surface area (Å²) in [6.07, 6.45) is 2.19. The number of aliphatic hydroxyl groups excluding tert-OH is 2. The Labute approximate surface area is 192 Å². The van der Waals surface area contributed by atoms with Crippen LogP contribution in [0.1, 0.15) is 58.1 Å². The molecule has 9 heteroatoms. The number of hydrogen-bond acceptors (Lipinski definition) is 9. The molecule has 33 heavy (non-hydrogen) atoms. The zero-order valence-corrected chi connectivity index (χ0v) is 19.2. The first-order valence-electron chi connectivity index (χ1n) is 11.7. The molecule has 182 valence electrons. The van der Waals surface area contributed by atoms with Gasteiger partial charge in [-0.05, 0) is 31.2 Å². The quantitative estimate of drug-likeness (QED) is 0.508. The van der Waals surface area contributed by atoms with Gasteiger partial charge >= 0.3 is 11.9 Å². The lowest BCUT2D eigenvalue weighted by molar-refractivity contribution is -0.292. The predicted molar refractivity (Wildman–Crippen MR) is 111 cm³/mol. The second-order valence-corrected chi connectivity index (χ2v) is 10.2. The van der Waals surface area contributed by atoms with Crippen LogP contribution in [-0.2, 0) is 28.5 Å². The fraction of sp³-hybridized carbons (Fsp3) is 0.750. The van der Waals surface area contributed by atoms with Gasteiger partial charge in [0.1, 0.15) is 24.4 Å². The van der Waals surface area contributed by atoms with Crippen molar-refractivity contribution in [1.29, 1.82) is 0 Å². The van der Waals surface area contributed by atoms with E-state index in [1.807, 2.05) is 6.92 Å². The molecule has 4 aliphatic rings. The van der Waals surface area contributed by atoms with Gasteiger partial charge in [0.05, 0.1) is 30.7 Å². The highest BCUT2D eigenvalue weighted by atomic mass is 16.6. The number of fused-ring (bicyclic) bond motifs is 3. The van der Waals surface area contributed by atoms with E-state index in [2.05, 4.69) is 0 Å². The van der Waals surface area contributed by atoms with Crippen LogP contribution in [0.15, 0.2) is 23.0 Å². The Morgan fingerprint density at radius 1 is 1.24 bits per heavy atom. The van der Waals surface area contributed by atoms with Gasteiger partial charge in [0.2, 0.25) is 0 Å². The van der Waals surface area contributed by atoms with Crippen LogP contribution >= 0.6 is 0 Å². The van der Waals surface area contributed by atoms with Crippen molar-refractivity contribution < 1.29 is 43.2 Å². The molecule has 4 fully saturated rings. The molecule has 2 spiro atoms. The van der Waals surface area contributed by atoms with Crippen molar-refractivity contribution >= 4 is 11.9 Å². The maximum Gasteiger partial charge on any atom is 0.303 e. The molecule has 0 unspecified atom stereocenters. The Morgan fingerprint density at radius 3 is 2.61 bits per heavy atom. The number of hydrogen-bond donors (Lipinski definition) is 2. The van der Waals surface area contributed by atoms with E-state index in [-0.39, 0.29) is 12.5 Å². The highest BCUT2D eigenvalue weighted by Crippen LogP contribution is 2.72. The van der Waals surface area contributed by atoms with Crippen molar-refractivity contribution in [3.8, 4) is 0 Å². The van der Waals surface area contributed by atoms with Crippen LogP contribution < -0.4 is 0 Å². The average molecular weight is 465 g/mol. The van der Waals surface area contributed by atoms with E-state index < -0.39 is 58.9 Å². The number of rotatable bonds is 4. The van der Waals surface area contributed by atoms with Crippen LogP contribution in [0.5, 0.6) is 0 Å². The first-order chi connectivity index (χ1) is 15.7. The van der Waals surface area contributed by atoms with Gasteiger partial charge in [0.25, 0.3) is 0 Å². The number of ether oxygens (including phenoxy) is 4. The summed E-state index contributed by atoms with van der Waals surface area (Å²) < 4.78 is 28.6. The minimum absolute atomic E-state index is 0.0799. The Bertz CT molecular complexity index is 909. The molecule has 2 aliphatic heterocycles. The Morgan fingerprint density at radius 2 is 2.00 bits per heavy atom. The molecule has 5 rings (SSSR count). The van der Waals surface area contributed by atoms with E-state index in [4.69, 9.17) is 23.4 Å².